The molecule has 0 spiro atoms. The zero-order valence-electron chi connectivity index (χ0n) is 6.60. The van der Waals surface area contributed by atoms with Gasteiger partial charge in [-0.05, 0) is 13.8 Å². The summed E-state index contributed by atoms with van der Waals surface area (Å²) in [5.41, 5.74) is -0.606. The van der Waals surface area contributed by atoms with Crippen LogP contribution in [0.15, 0.2) is 11.8 Å². The van der Waals surface area contributed by atoms with Gasteiger partial charge in [-0.15, -0.1) is 0 Å². The molecule has 0 aromatic carbocycles. The molecule has 0 bridgehead atoms. The van der Waals surface area contributed by atoms with Crippen LogP contribution in [-0.4, -0.2) is 11.4 Å². The second-order valence-corrected chi connectivity index (χ2v) is 2.94. The molecule has 10 heavy (non-hydrogen) atoms. The fraction of sp³-hybridized carbons (Fsp3) is 0.625. The van der Waals surface area contributed by atoms with E-state index >= 15 is 0 Å². The molecule has 56 valence electrons. The summed E-state index contributed by atoms with van der Waals surface area (Å²) in [5, 5.41) is 0. The van der Waals surface area contributed by atoms with Crippen molar-refractivity contribution in [3.05, 3.63) is 11.8 Å². The molecule has 0 saturated carbocycles. The van der Waals surface area contributed by atoms with E-state index in [0.29, 0.717) is 0 Å². The molecule has 0 unspecified atom stereocenters. The van der Waals surface area contributed by atoms with Crippen molar-refractivity contribution < 1.29 is 9.53 Å². The molecule has 0 atom stereocenters. The van der Waals surface area contributed by atoms with Crippen LogP contribution < -0.4 is 0 Å². The maximum absolute atomic E-state index is 11.1. The van der Waals surface area contributed by atoms with Crippen LogP contribution in [-0.2, 0) is 9.53 Å². The summed E-state index contributed by atoms with van der Waals surface area (Å²) in [6.07, 6.45) is 2.38. The van der Waals surface area contributed by atoms with Crippen LogP contribution in [0.3, 0.4) is 0 Å². The third-order valence-corrected chi connectivity index (χ3v) is 1.62. The molecule has 0 aromatic rings. The lowest BCUT2D eigenvalue weighted by molar-refractivity contribution is -0.127. The highest BCUT2D eigenvalue weighted by atomic mass is 16.5. The first kappa shape index (κ1) is 7.32. The minimum atomic E-state index is -0.606. The average Bonchev–Trinajstić information content (AvgIpc) is 2.08. The van der Waals surface area contributed by atoms with Gasteiger partial charge in [0.2, 0.25) is 5.78 Å². The molecule has 2 heteroatoms. The topological polar surface area (TPSA) is 26.3 Å². The Balaban J connectivity index is 2.76. The van der Waals surface area contributed by atoms with Crippen molar-refractivity contribution in [3.63, 3.8) is 0 Å². The summed E-state index contributed by atoms with van der Waals surface area (Å²) >= 11 is 0. The van der Waals surface area contributed by atoms with Crippen molar-refractivity contribution in [2.24, 2.45) is 0 Å². The van der Waals surface area contributed by atoms with Gasteiger partial charge in [-0.25, -0.2) is 0 Å². The number of hydrogen-bond acceptors (Lipinski definition) is 2. The molecule has 1 aliphatic rings. The van der Waals surface area contributed by atoms with Crippen molar-refractivity contribution >= 4 is 5.78 Å². The molecule has 0 amide bonds. The summed E-state index contributed by atoms with van der Waals surface area (Å²) in [4.78, 5) is 11.1. The Kier molecular flexibility index (Phi) is 1.55. The van der Waals surface area contributed by atoms with Gasteiger partial charge in [-0.1, -0.05) is 6.92 Å². The molecular formula is C8H12O2. The van der Waals surface area contributed by atoms with Crippen LogP contribution in [0.4, 0.5) is 0 Å². The van der Waals surface area contributed by atoms with Gasteiger partial charge in [0.05, 0.1) is 0 Å². The van der Waals surface area contributed by atoms with Crippen molar-refractivity contribution in [2.45, 2.75) is 32.8 Å². The third-order valence-electron chi connectivity index (χ3n) is 1.62. The molecule has 0 radical (unpaired) electrons. The van der Waals surface area contributed by atoms with E-state index in [0.717, 1.165) is 12.2 Å². The molecule has 2 nitrogen and oxygen atoms in total. The first-order valence-electron chi connectivity index (χ1n) is 3.50. The van der Waals surface area contributed by atoms with Crippen molar-refractivity contribution in [2.75, 3.05) is 0 Å². The summed E-state index contributed by atoms with van der Waals surface area (Å²) in [6.45, 7) is 5.55. The molecule has 1 rings (SSSR count). The van der Waals surface area contributed by atoms with Crippen molar-refractivity contribution in [1.82, 2.24) is 0 Å². The number of allylic oxidation sites excluding steroid dienone is 1. The first-order chi connectivity index (χ1) is 4.56. The third kappa shape index (κ3) is 1.06. The van der Waals surface area contributed by atoms with Gasteiger partial charge in [0.15, 0.2) is 5.60 Å². The van der Waals surface area contributed by atoms with E-state index in [-0.39, 0.29) is 5.78 Å². The molecule has 1 heterocycles. The van der Waals surface area contributed by atoms with Crippen LogP contribution in [0.2, 0.25) is 0 Å². The minimum Gasteiger partial charge on any atom is -0.484 e. The second kappa shape index (κ2) is 2.11. The number of ketones is 1. The van der Waals surface area contributed by atoms with Crippen molar-refractivity contribution in [3.8, 4) is 0 Å². The molecule has 0 saturated heterocycles. The van der Waals surface area contributed by atoms with E-state index in [2.05, 4.69) is 0 Å². The number of rotatable bonds is 1. The Bertz CT molecular complexity index is 189. The maximum Gasteiger partial charge on any atom is 0.201 e. The van der Waals surface area contributed by atoms with E-state index < -0.39 is 5.60 Å². The van der Waals surface area contributed by atoms with Gasteiger partial charge in [0.25, 0.3) is 0 Å². The SMILES string of the molecule is CCC1=CC(=O)C(C)(C)O1. The summed E-state index contributed by atoms with van der Waals surface area (Å²) < 4.78 is 5.32. The van der Waals surface area contributed by atoms with E-state index in [9.17, 15) is 4.79 Å². The van der Waals surface area contributed by atoms with Gasteiger partial charge in [0.1, 0.15) is 5.76 Å². The predicted octanol–water partition coefficient (Wildman–Crippen LogP) is 1.66. The first-order valence-corrected chi connectivity index (χ1v) is 3.50. The van der Waals surface area contributed by atoms with E-state index in [1.807, 2.05) is 6.92 Å². The fourth-order valence-corrected chi connectivity index (χ4v) is 0.902. The Morgan fingerprint density at radius 3 is 2.40 bits per heavy atom. The highest BCUT2D eigenvalue weighted by Gasteiger charge is 2.33. The number of hydrogen-bond donors (Lipinski definition) is 0. The zero-order chi connectivity index (χ0) is 7.78. The fourth-order valence-electron chi connectivity index (χ4n) is 0.902. The largest absolute Gasteiger partial charge is 0.484 e. The monoisotopic (exact) mass is 140 g/mol. The highest BCUT2D eigenvalue weighted by Crippen LogP contribution is 2.25. The van der Waals surface area contributed by atoms with Gasteiger partial charge in [-0.3, -0.25) is 4.79 Å². The Hall–Kier alpha value is -0.790. The predicted molar refractivity (Wildman–Crippen MR) is 38.5 cm³/mol. The van der Waals surface area contributed by atoms with Gasteiger partial charge < -0.3 is 4.74 Å². The molecule has 0 aliphatic carbocycles. The number of ether oxygens (including phenoxy) is 1. The lowest BCUT2D eigenvalue weighted by Crippen LogP contribution is -2.27. The number of carbonyl (C=O) groups excluding carboxylic acids is 1. The summed E-state index contributed by atoms with van der Waals surface area (Å²) in [7, 11) is 0. The molecule has 0 aromatic heterocycles. The molecule has 1 aliphatic heterocycles. The summed E-state index contributed by atoms with van der Waals surface area (Å²) in [5.74, 6) is 0.874. The smallest absolute Gasteiger partial charge is 0.201 e. The molecule has 0 N–H and O–H groups in total. The van der Waals surface area contributed by atoms with Crippen LogP contribution in [0.5, 0.6) is 0 Å². The standard InChI is InChI=1S/C8H12O2/c1-4-6-5-7(9)8(2,3)10-6/h5H,4H2,1-3H3. The van der Waals surface area contributed by atoms with Gasteiger partial charge >= 0.3 is 0 Å². The quantitative estimate of drug-likeness (QED) is 0.553. The molecular weight excluding hydrogens is 128 g/mol. The zero-order valence-corrected chi connectivity index (χ0v) is 6.60. The lowest BCUT2D eigenvalue weighted by atomic mass is 10.1. The summed E-state index contributed by atoms with van der Waals surface area (Å²) in [6, 6.07) is 0. The Morgan fingerprint density at radius 2 is 2.20 bits per heavy atom. The van der Waals surface area contributed by atoms with Gasteiger partial charge in [0, 0.05) is 12.5 Å². The average molecular weight is 140 g/mol. The van der Waals surface area contributed by atoms with Crippen LogP contribution in [0.25, 0.3) is 0 Å². The van der Waals surface area contributed by atoms with E-state index in [4.69, 9.17) is 4.74 Å². The van der Waals surface area contributed by atoms with E-state index in [1.54, 1.807) is 19.9 Å². The van der Waals surface area contributed by atoms with Gasteiger partial charge in [-0.2, -0.15) is 0 Å². The Labute approximate surface area is 60.9 Å². The van der Waals surface area contributed by atoms with E-state index in [1.165, 1.54) is 0 Å². The highest BCUT2D eigenvalue weighted by molar-refractivity contribution is 5.98. The van der Waals surface area contributed by atoms with Crippen LogP contribution >= 0.6 is 0 Å². The number of carbonyl (C=O) groups is 1. The van der Waals surface area contributed by atoms with Crippen LogP contribution in [0, 0.1) is 0 Å². The lowest BCUT2D eigenvalue weighted by Gasteiger charge is -2.17. The second-order valence-electron chi connectivity index (χ2n) is 2.94. The van der Waals surface area contributed by atoms with Crippen molar-refractivity contribution in [1.29, 1.82) is 0 Å². The minimum absolute atomic E-state index is 0.0735. The normalized spacial score (nSPS) is 22.3. The maximum atomic E-state index is 11.1. The Morgan fingerprint density at radius 1 is 1.60 bits per heavy atom. The van der Waals surface area contributed by atoms with Crippen LogP contribution in [0.1, 0.15) is 27.2 Å². The molecule has 0 fully saturated rings.